The first-order valence-electron chi connectivity index (χ1n) is 4.92. The standard InChI is InChI=1S/C11H16O4/c1-7-5-4-6-8(9(12)15-3)11(7,2)10(13)14/h4-5,7-8H,6H2,1-3H3,(H,13,14)/t7-,8-,11+/m0/s1. The zero-order valence-electron chi connectivity index (χ0n) is 9.19. The summed E-state index contributed by atoms with van der Waals surface area (Å²) >= 11 is 0. The fraction of sp³-hybridized carbons (Fsp3) is 0.636. The van der Waals surface area contributed by atoms with Gasteiger partial charge in [-0.25, -0.2) is 0 Å². The lowest BCUT2D eigenvalue weighted by molar-refractivity contribution is -0.166. The van der Waals surface area contributed by atoms with Crippen LogP contribution >= 0.6 is 0 Å². The molecule has 4 nitrogen and oxygen atoms in total. The quantitative estimate of drug-likeness (QED) is 0.556. The molecule has 0 bridgehead atoms. The minimum Gasteiger partial charge on any atom is -0.481 e. The van der Waals surface area contributed by atoms with Gasteiger partial charge in [0.2, 0.25) is 0 Å². The molecule has 1 rings (SSSR count). The van der Waals surface area contributed by atoms with Gasteiger partial charge in [0.25, 0.3) is 0 Å². The van der Waals surface area contributed by atoms with Crippen molar-refractivity contribution in [2.75, 3.05) is 7.11 Å². The summed E-state index contributed by atoms with van der Waals surface area (Å²) in [5.74, 6) is -2.17. The summed E-state index contributed by atoms with van der Waals surface area (Å²) in [5, 5.41) is 9.24. The normalized spacial score (nSPS) is 34.9. The maximum atomic E-state index is 11.5. The number of hydrogen-bond donors (Lipinski definition) is 1. The lowest BCUT2D eigenvalue weighted by atomic mass is 9.64. The number of ether oxygens (including phenoxy) is 1. The van der Waals surface area contributed by atoms with Gasteiger partial charge in [0.15, 0.2) is 0 Å². The second-order valence-corrected chi connectivity index (χ2v) is 4.12. The van der Waals surface area contributed by atoms with Crippen LogP contribution in [-0.4, -0.2) is 24.2 Å². The third-order valence-corrected chi connectivity index (χ3v) is 3.41. The molecule has 0 heterocycles. The van der Waals surface area contributed by atoms with E-state index in [1.807, 2.05) is 12.2 Å². The highest BCUT2D eigenvalue weighted by atomic mass is 16.5. The summed E-state index contributed by atoms with van der Waals surface area (Å²) in [5.41, 5.74) is -1.07. The number of esters is 1. The number of methoxy groups -OCH3 is 1. The van der Waals surface area contributed by atoms with Gasteiger partial charge in [-0.2, -0.15) is 0 Å². The molecule has 84 valence electrons. The lowest BCUT2D eigenvalue weighted by Gasteiger charge is -2.38. The van der Waals surface area contributed by atoms with Crippen molar-refractivity contribution in [3.05, 3.63) is 12.2 Å². The average Bonchev–Trinajstić information content (AvgIpc) is 2.20. The van der Waals surface area contributed by atoms with Crippen molar-refractivity contribution in [2.24, 2.45) is 17.3 Å². The molecular formula is C11H16O4. The van der Waals surface area contributed by atoms with Gasteiger partial charge in [-0.05, 0) is 19.3 Å². The van der Waals surface area contributed by atoms with Crippen LogP contribution in [0.15, 0.2) is 12.2 Å². The van der Waals surface area contributed by atoms with Gasteiger partial charge < -0.3 is 9.84 Å². The number of carboxylic acids is 1. The van der Waals surface area contributed by atoms with E-state index in [-0.39, 0.29) is 5.92 Å². The van der Waals surface area contributed by atoms with Crippen LogP contribution < -0.4 is 0 Å². The fourth-order valence-corrected chi connectivity index (χ4v) is 2.01. The summed E-state index contributed by atoms with van der Waals surface area (Å²) in [6.45, 7) is 3.41. The SMILES string of the molecule is COC(=O)[C@@H]1CC=C[C@H](C)[C@@]1(C)C(=O)O. The Morgan fingerprint density at radius 1 is 1.53 bits per heavy atom. The molecule has 0 unspecified atom stereocenters. The van der Waals surface area contributed by atoms with Crippen molar-refractivity contribution in [3.63, 3.8) is 0 Å². The van der Waals surface area contributed by atoms with E-state index >= 15 is 0 Å². The maximum absolute atomic E-state index is 11.5. The molecule has 0 aromatic heterocycles. The number of carbonyl (C=O) groups excluding carboxylic acids is 1. The molecule has 3 atom stereocenters. The van der Waals surface area contributed by atoms with Gasteiger partial charge in [-0.3, -0.25) is 9.59 Å². The number of carboxylic acid groups (broad SMARTS) is 1. The second-order valence-electron chi connectivity index (χ2n) is 4.12. The Morgan fingerprint density at radius 3 is 2.60 bits per heavy atom. The summed E-state index contributed by atoms with van der Waals surface area (Å²) in [6.07, 6.45) is 4.12. The molecule has 15 heavy (non-hydrogen) atoms. The number of carbonyl (C=O) groups is 2. The predicted octanol–water partition coefficient (Wildman–Crippen LogP) is 1.46. The second kappa shape index (κ2) is 4.04. The highest BCUT2D eigenvalue weighted by Crippen LogP contribution is 2.42. The molecule has 4 heteroatoms. The number of aliphatic carboxylic acids is 1. The summed E-state index contributed by atoms with van der Waals surface area (Å²) in [4.78, 5) is 22.8. The van der Waals surface area contributed by atoms with Crippen LogP contribution in [0.25, 0.3) is 0 Å². The Hall–Kier alpha value is -1.32. The molecule has 0 aliphatic heterocycles. The largest absolute Gasteiger partial charge is 0.481 e. The molecule has 0 aromatic carbocycles. The van der Waals surface area contributed by atoms with Crippen molar-refractivity contribution in [3.8, 4) is 0 Å². The minimum atomic E-state index is -1.07. The molecule has 0 saturated heterocycles. The van der Waals surface area contributed by atoms with Crippen molar-refractivity contribution < 1.29 is 19.4 Å². The van der Waals surface area contributed by atoms with Gasteiger partial charge in [-0.15, -0.1) is 0 Å². The van der Waals surface area contributed by atoms with Crippen LogP contribution in [0.5, 0.6) is 0 Å². The summed E-state index contributed by atoms with van der Waals surface area (Å²) in [6, 6.07) is 0. The van der Waals surface area contributed by atoms with E-state index in [0.717, 1.165) is 0 Å². The molecule has 0 amide bonds. The Morgan fingerprint density at radius 2 is 2.13 bits per heavy atom. The number of hydrogen-bond acceptors (Lipinski definition) is 3. The molecule has 0 saturated carbocycles. The van der Waals surface area contributed by atoms with Crippen LogP contribution in [-0.2, 0) is 14.3 Å². The van der Waals surface area contributed by atoms with Crippen molar-refractivity contribution in [1.82, 2.24) is 0 Å². The van der Waals surface area contributed by atoms with Crippen LogP contribution in [0.3, 0.4) is 0 Å². The minimum absolute atomic E-state index is 0.173. The molecule has 1 aliphatic rings. The molecule has 1 aliphatic carbocycles. The van der Waals surface area contributed by atoms with E-state index in [0.29, 0.717) is 6.42 Å². The highest BCUT2D eigenvalue weighted by molar-refractivity contribution is 5.85. The first-order chi connectivity index (χ1) is 6.94. The number of allylic oxidation sites excluding steroid dienone is 2. The van der Waals surface area contributed by atoms with Gasteiger partial charge in [0.1, 0.15) is 0 Å². The van der Waals surface area contributed by atoms with Gasteiger partial charge in [0, 0.05) is 0 Å². The third kappa shape index (κ3) is 1.76. The smallest absolute Gasteiger partial charge is 0.310 e. The van der Waals surface area contributed by atoms with E-state index in [1.54, 1.807) is 13.8 Å². The van der Waals surface area contributed by atoms with Crippen molar-refractivity contribution in [1.29, 1.82) is 0 Å². The van der Waals surface area contributed by atoms with Crippen molar-refractivity contribution in [2.45, 2.75) is 20.3 Å². The Kier molecular flexibility index (Phi) is 3.17. The van der Waals surface area contributed by atoms with Gasteiger partial charge >= 0.3 is 11.9 Å². The third-order valence-electron chi connectivity index (χ3n) is 3.41. The zero-order chi connectivity index (χ0) is 11.6. The Bertz CT molecular complexity index is 308. The van der Waals surface area contributed by atoms with Gasteiger partial charge in [0.05, 0.1) is 18.4 Å². The zero-order valence-corrected chi connectivity index (χ0v) is 9.19. The first-order valence-corrected chi connectivity index (χ1v) is 4.92. The van der Waals surface area contributed by atoms with Crippen LogP contribution in [0.4, 0.5) is 0 Å². The van der Waals surface area contributed by atoms with Crippen LogP contribution in [0, 0.1) is 17.3 Å². The van der Waals surface area contributed by atoms with E-state index < -0.39 is 23.3 Å². The molecular weight excluding hydrogens is 196 g/mol. The summed E-state index contributed by atoms with van der Waals surface area (Å²) < 4.78 is 4.65. The molecule has 0 spiro atoms. The fourth-order valence-electron chi connectivity index (χ4n) is 2.01. The first kappa shape index (κ1) is 11.8. The predicted molar refractivity (Wildman–Crippen MR) is 54.2 cm³/mol. The average molecular weight is 212 g/mol. The van der Waals surface area contributed by atoms with E-state index in [2.05, 4.69) is 4.74 Å². The van der Waals surface area contributed by atoms with E-state index in [1.165, 1.54) is 7.11 Å². The Labute approximate surface area is 88.9 Å². The topological polar surface area (TPSA) is 63.6 Å². The monoisotopic (exact) mass is 212 g/mol. The summed E-state index contributed by atoms with van der Waals surface area (Å²) in [7, 11) is 1.29. The number of rotatable bonds is 2. The molecule has 0 radical (unpaired) electrons. The molecule has 0 aromatic rings. The van der Waals surface area contributed by atoms with E-state index in [9.17, 15) is 14.7 Å². The maximum Gasteiger partial charge on any atom is 0.310 e. The Balaban J connectivity index is 3.10. The highest BCUT2D eigenvalue weighted by Gasteiger charge is 2.50. The molecule has 1 N–H and O–H groups in total. The molecule has 0 fully saturated rings. The van der Waals surface area contributed by atoms with Crippen molar-refractivity contribution >= 4 is 11.9 Å². The van der Waals surface area contributed by atoms with Crippen LogP contribution in [0.2, 0.25) is 0 Å². The van der Waals surface area contributed by atoms with Crippen LogP contribution in [0.1, 0.15) is 20.3 Å². The van der Waals surface area contributed by atoms with E-state index in [4.69, 9.17) is 0 Å². The van der Waals surface area contributed by atoms with Gasteiger partial charge in [-0.1, -0.05) is 19.1 Å². The lowest BCUT2D eigenvalue weighted by Crippen LogP contribution is -2.46.